The summed E-state index contributed by atoms with van der Waals surface area (Å²) < 4.78 is 5.48. The third-order valence-corrected chi connectivity index (χ3v) is 6.30. The molecule has 0 bridgehead atoms. The summed E-state index contributed by atoms with van der Waals surface area (Å²) in [4.78, 5) is 31.8. The average Bonchev–Trinajstić information content (AvgIpc) is 3.22. The quantitative estimate of drug-likeness (QED) is 0.474. The highest BCUT2D eigenvalue weighted by Gasteiger charge is 2.56. The number of Topliss-reactive ketones (excluding diaryl/α,β-unsaturated/α-hetero) is 1. The molecule has 0 amide bonds. The third kappa shape index (κ3) is 2.88. The lowest BCUT2D eigenvalue weighted by Crippen LogP contribution is -2.56. The Labute approximate surface area is 190 Å². The van der Waals surface area contributed by atoms with E-state index in [1.807, 2.05) is 24.3 Å². The van der Waals surface area contributed by atoms with Crippen molar-refractivity contribution in [2.45, 2.75) is 18.9 Å². The summed E-state index contributed by atoms with van der Waals surface area (Å²) >= 11 is 0. The minimum absolute atomic E-state index is 0.0923. The van der Waals surface area contributed by atoms with Gasteiger partial charge < -0.3 is 19.7 Å². The number of H-pyrrole nitrogens is 1. The first-order valence-corrected chi connectivity index (χ1v) is 10.7. The van der Waals surface area contributed by atoms with Gasteiger partial charge in [0.05, 0.1) is 29.5 Å². The second kappa shape index (κ2) is 7.68. The molecule has 0 spiro atoms. The molecule has 2 aromatic carbocycles. The minimum atomic E-state index is -1.51. The molecule has 0 saturated heterocycles. The predicted octanol–water partition coefficient (Wildman–Crippen LogP) is 3.72. The Balaban J connectivity index is 1.73. The topological polar surface area (TPSA) is 106 Å². The van der Waals surface area contributed by atoms with Crippen LogP contribution in [0.25, 0.3) is 10.9 Å². The van der Waals surface area contributed by atoms with Gasteiger partial charge in [0.2, 0.25) is 5.54 Å². The van der Waals surface area contributed by atoms with E-state index < -0.39 is 17.3 Å². The number of esters is 1. The number of phenols is 1. The molecule has 3 heterocycles. The van der Waals surface area contributed by atoms with Gasteiger partial charge in [-0.15, -0.1) is 0 Å². The number of fused-ring (bicyclic) bond motifs is 5. The minimum Gasteiger partial charge on any atom is -0.507 e. The lowest BCUT2D eigenvalue weighted by Gasteiger charge is -2.46. The molecule has 1 atom stereocenters. The smallest absolute Gasteiger partial charge is 0.343 e. The number of carbonyl (C=O) groups is 2. The summed E-state index contributed by atoms with van der Waals surface area (Å²) in [5, 5.41) is 21.3. The van der Waals surface area contributed by atoms with Crippen molar-refractivity contribution in [1.29, 1.82) is 5.26 Å². The Kier molecular flexibility index (Phi) is 4.79. The Morgan fingerprint density at radius 2 is 1.97 bits per heavy atom. The normalized spacial score (nSPS) is 19.1. The van der Waals surface area contributed by atoms with E-state index in [0.717, 1.165) is 16.5 Å². The number of ketones is 1. The zero-order valence-corrected chi connectivity index (χ0v) is 18.0. The van der Waals surface area contributed by atoms with Gasteiger partial charge in [-0.1, -0.05) is 30.3 Å². The molecule has 164 valence electrons. The molecule has 0 saturated carbocycles. The predicted molar refractivity (Wildman–Crippen MR) is 121 cm³/mol. The Morgan fingerprint density at radius 1 is 1.21 bits per heavy atom. The fourth-order valence-corrected chi connectivity index (χ4v) is 4.85. The molecule has 2 aliphatic rings. The van der Waals surface area contributed by atoms with Gasteiger partial charge in [0.1, 0.15) is 5.75 Å². The first kappa shape index (κ1) is 20.6. The molecule has 33 heavy (non-hydrogen) atoms. The fraction of sp³-hybridized carbons (Fsp3) is 0.192. The maximum Gasteiger partial charge on any atom is 0.343 e. The molecule has 7 nitrogen and oxygen atoms in total. The van der Waals surface area contributed by atoms with Crippen LogP contribution in [0.5, 0.6) is 5.75 Å². The summed E-state index contributed by atoms with van der Waals surface area (Å²) in [6.07, 6.45) is 3.65. The summed E-state index contributed by atoms with van der Waals surface area (Å²) in [5.74, 6) is -1.15. The zero-order valence-electron chi connectivity index (χ0n) is 18.0. The van der Waals surface area contributed by atoms with Gasteiger partial charge in [0.25, 0.3) is 0 Å². The number of hydrogen-bond donors (Lipinski definition) is 2. The number of hydrogen-bond acceptors (Lipinski definition) is 6. The lowest BCUT2D eigenvalue weighted by molar-refractivity contribution is -0.155. The van der Waals surface area contributed by atoms with E-state index in [1.54, 1.807) is 30.2 Å². The van der Waals surface area contributed by atoms with E-state index in [0.29, 0.717) is 18.7 Å². The van der Waals surface area contributed by atoms with E-state index in [9.17, 15) is 20.0 Å². The van der Waals surface area contributed by atoms with Crippen LogP contribution in [0, 0.1) is 11.3 Å². The number of para-hydroxylation sites is 2. The summed E-state index contributed by atoms with van der Waals surface area (Å²) in [7, 11) is 0. The van der Waals surface area contributed by atoms with Crippen LogP contribution in [0.2, 0.25) is 0 Å². The number of carbonyl (C=O) groups excluding carboxylic acids is 2. The Bertz CT molecular complexity index is 1410. The number of aromatic nitrogens is 1. The summed E-state index contributed by atoms with van der Waals surface area (Å²) in [5.41, 5.74) is 1.34. The highest BCUT2D eigenvalue weighted by Crippen LogP contribution is 2.47. The first-order chi connectivity index (χ1) is 16.0. The van der Waals surface area contributed by atoms with Crippen LogP contribution in [0.15, 0.2) is 72.0 Å². The molecule has 1 aromatic heterocycles. The molecular weight excluding hydrogens is 418 g/mol. The monoisotopic (exact) mass is 439 g/mol. The molecule has 0 radical (unpaired) electrons. The van der Waals surface area contributed by atoms with Crippen LogP contribution in [0.3, 0.4) is 0 Å². The molecule has 1 unspecified atom stereocenters. The van der Waals surface area contributed by atoms with Crippen molar-refractivity contribution in [1.82, 2.24) is 9.88 Å². The van der Waals surface area contributed by atoms with Crippen molar-refractivity contribution in [3.63, 3.8) is 0 Å². The zero-order chi connectivity index (χ0) is 23.2. The van der Waals surface area contributed by atoms with E-state index in [-0.39, 0.29) is 29.1 Å². The van der Waals surface area contributed by atoms with Gasteiger partial charge in [0.15, 0.2) is 5.78 Å². The molecule has 5 rings (SSSR count). The number of aromatic amines is 1. The number of allylic oxidation sites excluding steroid dienone is 2. The van der Waals surface area contributed by atoms with Gasteiger partial charge in [-0.05, 0) is 43.2 Å². The molecule has 2 aliphatic heterocycles. The number of phenolic OH excluding ortho intramolecular Hbond substituents is 1. The summed E-state index contributed by atoms with van der Waals surface area (Å²) in [6, 6.07) is 16.2. The second-order valence-corrected chi connectivity index (χ2v) is 8.00. The van der Waals surface area contributed by atoms with Crippen LogP contribution in [-0.4, -0.2) is 39.9 Å². The number of benzene rings is 2. The highest BCUT2D eigenvalue weighted by molar-refractivity contribution is 6.13. The number of nitrogens with one attached hydrogen (secondary N) is 1. The molecule has 2 N–H and O–H groups in total. The van der Waals surface area contributed by atoms with Crippen molar-refractivity contribution in [2.24, 2.45) is 0 Å². The second-order valence-electron chi connectivity index (χ2n) is 8.00. The van der Waals surface area contributed by atoms with E-state index in [1.165, 1.54) is 18.2 Å². The highest BCUT2D eigenvalue weighted by atomic mass is 16.5. The van der Waals surface area contributed by atoms with Crippen molar-refractivity contribution >= 4 is 22.7 Å². The van der Waals surface area contributed by atoms with Crippen molar-refractivity contribution in [2.75, 3.05) is 13.2 Å². The Hall–Kier alpha value is -4.31. The van der Waals surface area contributed by atoms with Crippen molar-refractivity contribution in [3.8, 4) is 11.8 Å². The van der Waals surface area contributed by atoms with Gasteiger partial charge in [-0.2, -0.15) is 5.26 Å². The molecule has 7 heteroatoms. The van der Waals surface area contributed by atoms with Gasteiger partial charge in [-0.25, -0.2) is 4.79 Å². The standard InChI is InChI=1S/C26H21N3O4/c1-2-33-25(32)26-17(14-27)13-16(23(31)20-8-4-6-10-22(20)30)15-29(26)12-11-19-18-7-3-5-9-21(18)28-24(19)26/h3-10,13,15,28,30H,2,11-12H2,1H3. The van der Waals surface area contributed by atoms with Crippen LogP contribution >= 0.6 is 0 Å². The Morgan fingerprint density at radius 3 is 2.73 bits per heavy atom. The number of nitriles is 1. The maximum absolute atomic E-state index is 13.5. The van der Waals surface area contributed by atoms with Crippen molar-refractivity contribution in [3.05, 3.63) is 88.8 Å². The van der Waals surface area contributed by atoms with E-state index in [2.05, 4.69) is 11.1 Å². The first-order valence-electron chi connectivity index (χ1n) is 10.7. The molecule has 3 aromatic rings. The van der Waals surface area contributed by atoms with E-state index >= 15 is 0 Å². The third-order valence-electron chi connectivity index (χ3n) is 6.30. The van der Waals surface area contributed by atoms with Crippen LogP contribution in [0.4, 0.5) is 0 Å². The van der Waals surface area contributed by atoms with Crippen molar-refractivity contribution < 1.29 is 19.4 Å². The number of nitrogens with zero attached hydrogens (tertiary/aromatic N) is 2. The van der Waals surface area contributed by atoms with Gasteiger partial charge in [0, 0.05) is 29.2 Å². The van der Waals surface area contributed by atoms with E-state index in [4.69, 9.17) is 4.74 Å². The number of aromatic hydroxyl groups is 1. The van der Waals surface area contributed by atoms with Gasteiger partial charge >= 0.3 is 5.97 Å². The lowest BCUT2D eigenvalue weighted by atomic mass is 9.76. The largest absolute Gasteiger partial charge is 0.507 e. The number of rotatable bonds is 4. The van der Waals surface area contributed by atoms with Crippen LogP contribution < -0.4 is 0 Å². The number of ether oxygens (including phenoxy) is 1. The SMILES string of the molecule is CCOC(=O)C12C(C#N)=CC(C(=O)c3ccccc3O)=CN1CCc1c2[nH]c2ccccc12. The summed E-state index contributed by atoms with van der Waals surface area (Å²) in [6.45, 7) is 2.27. The van der Waals surface area contributed by atoms with Gasteiger partial charge in [-0.3, -0.25) is 4.79 Å². The fourth-order valence-electron chi connectivity index (χ4n) is 4.85. The molecule has 0 aliphatic carbocycles. The maximum atomic E-state index is 13.5. The molecular formula is C26H21N3O4. The van der Waals surface area contributed by atoms with Crippen LogP contribution in [-0.2, 0) is 21.5 Å². The van der Waals surface area contributed by atoms with Crippen LogP contribution in [0.1, 0.15) is 28.5 Å². The average molecular weight is 439 g/mol. The molecule has 0 fully saturated rings.